The number of hydrogen-bond donors (Lipinski definition) is 1. The SMILES string of the molecule is CN(Cc1ccc(F)cc1)C(=O)c1cc(N)cn1C. The molecule has 5 heteroatoms. The van der Waals surface area contributed by atoms with Crippen LogP contribution in [0, 0.1) is 5.82 Å². The monoisotopic (exact) mass is 261 g/mol. The minimum absolute atomic E-state index is 0.122. The van der Waals surface area contributed by atoms with E-state index in [4.69, 9.17) is 5.73 Å². The Hall–Kier alpha value is -2.30. The first-order chi connectivity index (χ1) is 8.97. The Kier molecular flexibility index (Phi) is 3.55. The third kappa shape index (κ3) is 2.93. The third-order valence-electron chi connectivity index (χ3n) is 2.92. The molecule has 0 unspecified atom stereocenters. The quantitative estimate of drug-likeness (QED) is 0.919. The summed E-state index contributed by atoms with van der Waals surface area (Å²) in [6, 6.07) is 7.74. The molecule has 2 rings (SSSR count). The Morgan fingerprint density at radius 2 is 2.00 bits per heavy atom. The number of carbonyl (C=O) groups excluding carboxylic acids is 1. The molecule has 0 fully saturated rings. The number of aryl methyl sites for hydroxylation is 1. The molecule has 0 aliphatic carbocycles. The first-order valence-corrected chi connectivity index (χ1v) is 5.89. The summed E-state index contributed by atoms with van der Waals surface area (Å²) in [4.78, 5) is 13.8. The van der Waals surface area contributed by atoms with E-state index in [0.29, 0.717) is 17.9 Å². The standard InChI is InChI=1S/C14H16FN3O/c1-17-9-12(16)7-13(17)14(19)18(2)8-10-3-5-11(15)6-4-10/h3-7,9H,8,16H2,1-2H3. The zero-order chi connectivity index (χ0) is 14.0. The maximum atomic E-state index is 12.8. The molecule has 0 spiro atoms. The van der Waals surface area contributed by atoms with Crippen LogP contribution in [-0.2, 0) is 13.6 Å². The number of nitrogens with two attached hydrogens (primary N) is 1. The Morgan fingerprint density at radius 1 is 1.37 bits per heavy atom. The van der Waals surface area contributed by atoms with Crippen LogP contribution in [0.2, 0.25) is 0 Å². The first-order valence-electron chi connectivity index (χ1n) is 5.89. The highest BCUT2D eigenvalue weighted by molar-refractivity contribution is 5.93. The molecule has 4 nitrogen and oxygen atoms in total. The van der Waals surface area contributed by atoms with Crippen molar-refractivity contribution in [2.75, 3.05) is 12.8 Å². The molecule has 2 N–H and O–H groups in total. The van der Waals surface area contributed by atoms with Crippen LogP contribution >= 0.6 is 0 Å². The van der Waals surface area contributed by atoms with Crippen LogP contribution in [0.25, 0.3) is 0 Å². The number of halogens is 1. The van der Waals surface area contributed by atoms with Crippen molar-refractivity contribution in [2.24, 2.45) is 7.05 Å². The van der Waals surface area contributed by atoms with E-state index < -0.39 is 0 Å². The maximum absolute atomic E-state index is 12.8. The van der Waals surface area contributed by atoms with Crippen LogP contribution in [0.5, 0.6) is 0 Å². The van der Waals surface area contributed by atoms with Crippen LogP contribution < -0.4 is 5.73 Å². The molecule has 0 aliphatic rings. The molecule has 0 radical (unpaired) electrons. The molecule has 100 valence electrons. The Labute approximate surface area is 111 Å². The van der Waals surface area contributed by atoms with E-state index >= 15 is 0 Å². The number of rotatable bonds is 3. The van der Waals surface area contributed by atoms with Crippen LogP contribution in [0.15, 0.2) is 36.5 Å². The van der Waals surface area contributed by atoms with Gasteiger partial charge in [-0.25, -0.2) is 4.39 Å². The molecule has 0 saturated carbocycles. The van der Waals surface area contributed by atoms with Gasteiger partial charge in [0.2, 0.25) is 0 Å². The summed E-state index contributed by atoms with van der Waals surface area (Å²) < 4.78 is 14.5. The van der Waals surface area contributed by atoms with Gasteiger partial charge in [0.05, 0.1) is 5.69 Å². The van der Waals surface area contributed by atoms with E-state index in [1.165, 1.54) is 12.1 Å². The number of aromatic nitrogens is 1. The van der Waals surface area contributed by atoms with Gasteiger partial charge in [-0.15, -0.1) is 0 Å². The molecular weight excluding hydrogens is 245 g/mol. The topological polar surface area (TPSA) is 51.3 Å². The second kappa shape index (κ2) is 5.14. The largest absolute Gasteiger partial charge is 0.397 e. The molecule has 0 aliphatic heterocycles. The van der Waals surface area contributed by atoms with Crippen LogP contribution in [-0.4, -0.2) is 22.4 Å². The molecule has 19 heavy (non-hydrogen) atoms. The highest BCUT2D eigenvalue weighted by Crippen LogP contribution is 2.13. The molecule has 1 aromatic heterocycles. The van der Waals surface area contributed by atoms with Gasteiger partial charge < -0.3 is 15.2 Å². The van der Waals surface area contributed by atoms with Gasteiger partial charge in [0.1, 0.15) is 11.5 Å². The number of nitrogens with zero attached hydrogens (tertiary/aromatic N) is 2. The van der Waals surface area contributed by atoms with E-state index in [0.717, 1.165) is 5.56 Å². The number of nitrogen functional groups attached to an aromatic ring is 1. The van der Waals surface area contributed by atoms with Gasteiger partial charge in [-0.05, 0) is 23.8 Å². The summed E-state index contributed by atoms with van der Waals surface area (Å²) in [6.45, 7) is 0.421. The van der Waals surface area contributed by atoms with Gasteiger partial charge in [-0.2, -0.15) is 0 Å². The van der Waals surface area contributed by atoms with Crippen LogP contribution in [0.3, 0.4) is 0 Å². The smallest absolute Gasteiger partial charge is 0.270 e. The molecule has 0 atom stereocenters. The average molecular weight is 261 g/mol. The van der Waals surface area contributed by atoms with Crippen molar-refractivity contribution in [3.05, 3.63) is 53.6 Å². The van der Waals surface area contributed by atoms with E-state index in [2.05, 4.69) is 0 Å². The highest BCUT2D eigenvalue weighted by atomic mass is 19.1. The van der Waals surface area contributed by atoms with E-state index in [-0.39, 0.29) is 11.7 Å². The number of anilines is 1. The third-order valence-corrected chi connectivity index (χ3v) is 2.92. The van der Waals surface area contributed by atoms with Crippen molar-refractivity contribution in [3.63, 3.8) is 0 Å². The maximum Gasteiger partial charge on any atom is 0.270 e. The predicted molar refractivity (Wildman–Crippen MR) is 72.0 cm³/mol. The lowest BCUT2D eigenvalue weighted by Crippen LogP contribution is -2.27. The molecule has 0 bridgehead atoms. The summed E-state index contributed by atoms with van der Waals surface area (Å²) >= 11 is 0. The molecule has 0 saturated heterocycles. The zero-order valence-electron chi connectivity index (χ0n) is 10.9. The zero-order valence-corrected chi connectivity index (χ0v) is 10.9. The van der Waals surface area contributed by atoms with Crippen molar-refractivity contribution < 1.29 is 9.18 Å². The lowest BCUT2D eigenvalue weighted by Gasteiger charge is -2.17. The lowest BCUT2D eigenvalue weighted by molar-refractivity contribution is 0.0775. The lowest BCUT2D eigenvalue weighted by atomic mass is 10.2. The van der Waals surface area contributed by atoms with Crippen molar-refractivity contribution in [3.8, 4) is 0 Å². The summed E-state index contributed by atoms with van der Waals surface area (Å²) in [6.07, 6.45) is 1.69. The second-order valence-corrected chi connectivity index (χ2v) is 4.56. The number of hydrogen-bond acceptors (Lipinski definition) is 2. The summed E-state index contributed by atoms with van der Waals surface area (Å²) in [5.41, 5.74) is 7.61. The Bertz CT molecular complexity index is 589. The molecule has 1 aromatic carbocycles. The van der Waals surface area contributed by atoms with E-state index in [1.54, 1.807) is 48.0 Å². The van der Waals surface area contributed by atoms with Crippen molar-refractivity contribution in [1.29, 1.82) is 0 Å². The molecular formula is C14H16FN3O. The van der Waals surface area contributed by atoms with Crippen molar-refractivity contribution in [2.45, 2.75) is 6.54 Å². The van der Waals surface area contributed by atoms with E-state index in [1.807, 2.05) is 0 Å². The first kappa shape index (κ1) is 13.1. The summed E-state index contributed by atoms with van der Waals surface area (Å²) in [5, 5.41) is 0. The minimum atomic E-state index is -0.284. The summed E-state index contributed by atoms with van der Waals surface area (Å²) in [7, 11) is 3.48. The van der Waals surface area contributed by atoms with Gasteiger partial charge in [0.15, 0.2) is 0 Å². The fourth-order valence-corrected chi connectivity index (χ4v) is 1.93. The number of carbonyl (C=O) groups is 1. The average Bonchev–Trinajstić information content (AvgIpc) is 2.70. The van der Waals surface area contributed by atoms with Gasteiger partial charge >= 0.3 is 0 Å². The van der Waals surface area contributed by atoms with Crippen molar-refractivity contribution in [1.82, 2.24) is 9.47 Å². The van der Waals surface area contributed by atoms with Crippen molar-refractivity contribution >= 4 is 11.6 Å². The Morgan fingerprint density at radius 3 is 2.53 bits per heavy atom. The van der Waals surface area contributed by atoms with Gasteiger partial charge in [-0.3, -0.25) is 4.79 Å². The van der Waals surface area contributed by atoms with Gasteiger partial charge in [0.25, 0.3) is 5.91 Å². The normalized spacial score (nSPS) is 10.5. The number of benzene rings is 1. The molecule has 1 heterocycles. The van der Waals surface area contributed by atoms with Crippen LogP contribution in [0.4, 0.5) is 10.1 Å². The minimum Gasteiger partial charge on any atom is -0.397 e. The number of amides is 1. The van der Waals surface area contributed by atoms with Crippen LogP contribution in [0.1, 0.15) is 16.1 Å². The Balaban J connectivity index is 2.11. The fourth-order valence-electron chi connectivity index (χ4n) is 1.93. The van der Waals surface area contributed by atoms with E-state index in [9.17, 15) is 9.18 Å². The summed E-state index contributed by atoms with van der Waals surface area (Å²) in [5.74, 6) is -0.406. The molecule has 1 amide bonds. The predicted octanol–water partition coefficient (Wildman–Crippen LogP) is 2.02. The highest BCUT2D eigenvalue weighted by Gasteiger charge is 2.15. The molecule has 2 aromatic rings. The fraction of sp³-hybridized carbons (Fsp3) is 0.214. The second-order valence-electron chi connectivity index (χ2n) is 4.56. The van der Waals surface area contributed by atoms with Gasteiger partial charge in [0, 0.05) is 26.8 Å². The van der Waals surface area contributed by atoms with Gasteiger partial charge in [-0.1, -0.05) is 12.1 Å².